The molecule has 0 fully saturated rings. The van der Waals surface area contributed by atoms with Crippen molar-refractivity contribution in [1.82, 2.24) is 4.72 Å². The van der Waals surface area contributed by atoms with Gasteiger partial charge in [0.05, 0.1) is 10.1 Å². The van der Waals surface area contributed by atoms with Crippen LogP contribution in [-0.2, 0) is 10.0 Å². The first-order valence-corrected chi connectivity index (χ1v) is 8.12. The highest BCUT2D eigenvalue weighted by atomic mass is 32.2. The summed E-state index contributed by atoms with van der Waals surface area (Å²) in [4.78, 5) is 14.9. The molecule has 1 N–H and O–H groups in total. The van der Waals surface area contributed by atoms with Crippen molar-refractivity contribution in [2.75, 3.05) is 6.54 Å². The topological polar surface area (TPSA) is 75.6 Å². The number of thiocarbonyl (C=S) groups is 1. The Kier molecular flexibility index (Phi) is 6.67. The largest absolute Gasteiger partial charge is 0.285 e. The lowest BCUT2D eigenvalue weighted by Crippen LogP contribution is -2.25. The van der Waals surface area contributed by atoms with Gasteiger partial charge in [0.25, 0.3) is 5.91 Å². The average molecular weight is 312 g/mol. The molecule has 20 heavy (non-hydrogen) atoms. The van der Waals surface area contributed by atoms with Crippen molar-refractivity contribution in [3.63, 3.8) is 0 Å². The zero-order valence-corrected chi connectivity index (χ0v) is 12.8. The van der Waals surface area contributed by atoms with Crippen molar-refractivity contribution in [2.45, 2.75) is 31.1 Å². The van der Waals surface area contributed by atoms with E-state index in [0.717, 1.165) is 19.3 Å². The third kappa shape index (κ3) is 4.94. The van der Waals surface area contributed by atoms with Gasteiger partial charge in [-0.05, 0) is 36.8 Å². The van der Waals surface area contributed by atoms with Gasteiger partial charge in [-0.25, -0.2) is 13.1 Å². The summed E-state index contributed by atoms with van der Waals surface area (Å²) in [5.74, 6) is -0.608. The Morgan fingerprint density at radius 2 is 2.15 bits per heavy atom. The number of hydrogen-bond acceptors (Lipinski definition) is 4. The van der Waals surface area contributed by atoms with Gasteiger partial charge in [0, 0.05) is 12.1 Å². The predicted octanol–water partition coefficient (Wildman–Crippen LogP) is 2.40. The van der Waals surface area contributed by atoms with E-state index in [-0.39, 0.29) is 10.5 Å². The molecular formula is C13H16N2O3S2. The number of carbonyl (C=O) groups excluding carboxylic acids is 1. The third-order valence-electron chi connectivity index (χ3n) is 2.61. The number of rotatable bonds is 7. The molecule has 0 saturated carbocycles. The Morgan fingerprint density at radius 1 is 1.40 bits per heavy atom. The SMILES string of the molecule is CCCCCNS(=O)(=O)c1cccc(C(=O)N=C=S)c1. The molecule has 0 aromatic heterocycles. The average Bonchev–Trinajstić information content (AvgIpc) is 2.44. The number of benzene rings is 1. The fraction of sp³-hybridized carbons (Fsp3) is 0.385. The Balaban J connectivity index is 2.87. The normalized spacial score (nSPS) is 10.8. The van der Waals surface area contributed by atoms with Crippen molar-refractivity contribution < 1.29 is 13.2 Å². The number of unbranched alkanes of at least 4 members (excludes halogenated alkanes) is 2. The second-order valence-corrected chi connectivity index (χ2v) is 6.09. The second kappa shape index (κ2) is 8.01. The van der Waals surface area contributed by atoms with Gasteiger partial charge in [-0.2, -0.15) is 4.99 Å². The zero-order valence-electron chi connectivity index (χ0n) is 11.1. The van der Waals surface area contributed by atoms with E-state index in [4.69, 9.17) is 0 Å². The van der Waals surface area contributed by atoms with Crippen LogP contribution in [0.1, 0.15) is 36.5 Å². The molecular weight excluding hydrogens is 296 g/mol. The first kappa shape index (κ1) is 16.7. The molecule has 1 amide bonds. The maximum Gasteiger partial charge on any atom is 0.285 e. The van der Waals surface area contributed by atoms with E-state index in [1.807, 2.05) is 12.1 Å². The summed E-state index contributed by atoms with van der Waals surface area (Å²) in [6, 6.07) is 5.68. The van der Waals surface area contributed by atoms with Gasteiger partial charge >= 0.3 is 0 Å². The highest BCUT2D eigenvalue weighted by Crippen LogP contribution is 2.12. The quantitative estimate of drug-likeness (QED) is 0.476. The van der Waals surface area contributed by atoms with Crippen molar-refractivity contribution in [3.05, 3.63) is 29.8 Å². The number of amides is 1. The standard InChI is InChI=1S/C13H16N2O3S2/c1-2-3-4-8-15-20(17,18)12-7-5-6-11(9-12)13(16)14-10-19/h5-7,9,15H,2-4,8H2,1H3. The summed E-state index contributed by atoms with van der Waals surface area (Å²) >= 11 is 4.35. The second-order valence-electron chi connectivity index (χ2n) is 4.14. The van der Waals surface area contributed by atoms with Crippen LogP contribution in [0, 0.1) is 0 Å². The Hall–Kier alpha value is -1.40. The van der Waals surface area contributed by atoms with Crippen molar-refractivity contribution in [3.8, 4) is 0 Å². The van der Waals surface area contributed by atoms with E-state index >= 15 is 0 Å². The smallest absolute Gasteiger partial charge is 0.266 e. The van der Waals surface area contributed by atoms with Gasteiger partial charge in [-0.1, -0.05) is 25.8 Å². The van der Waals surface area contributed by atoms with E-state index in [1.54, 1.807) is 0 Å². The number of aliphatic imine (C=N–C) groups is 1. The fourth-order valence-electron chi connectivity index (χ4n) is 1.57. The molecule has 0 aliphatic rings. The minimum absolute atomic E-state index is 0.0411. The summed E-state index contributed by atoms with van der Waals surface area (Å²) in [7, 11) is -3.60. The summed E-state index contributed by atoms with van der Waals surface area (Å²) in [5.41, 5.74) is 0.166. The number of sulfonamides is 1. The molecule has 0 bridgehead atoms. The molecule has 1 aromatic rings. The molecule has 108 valence electrons. The molecule has 0 aliphatic carbocycles. The number of isothiocyanates is 1. The summed E-state index contributed by atoms with van der Waals surface area (Å²) < 4.78 is 26.6. The van der Waals surface area contributed by atoms with E-state index in [0.29, 0.717) is 6.54 Å². The maximum absolute atomic E-state index is 12.0. The predicted molar refractivity (Wildman–Crippen MR) is 80.5 cm³/mol. The van der Waals surface area contributed by atoms with Crippen molar-refractivity contribution in [1.29, 1.82) is 0 Å². The van der Waals surface area contributed by atoms with E-state index in [1.165, 1.54) is 24.3 Å². The molecule has 1 aromatic carbocycles. The molecule has 1 rings (SSSR count). The van der Waals surface area contributed by atoms with Crippen LogP contribution >= 0.6 is 12.2 Å². The molecule has 5 nitrogen and oxygen atoms in total. The molecule has 0 unspecified atom stereocenters. The Morgan fingerprint density at radius 3 is 2.80 bits per heavy atom. The fourth-order valence-corrected chi connectivity index (χ4v) is 2.77. The monoisotopic (exact) mass is 312 g/mol. The van der Waals surface area contributed by atoms with Crippen LogP contribution in [0.4, 0.5) is 0 Å². The summed E-state index contributed by atoms with van der Waals surface area (Å²) in [6.07, 6.45) is 2.76. The van der Waals surface area contributed by atoms with Gasteiger partial charge < -0.3 is 0 Å². The molecule has 0 radical (unpaired) electrons. The lowest BCUT2D eigenvalue weighted by Gasteiger charge is -2.07. The molecule has 0 saturated heterocycles. The van der Waals surface area contributed by atoms with Crippen LogP contribution in [-0.4, -0.2) is 26.0 Å². The highest BCUT2D eigenvalue weighted by molar-refractivity contribution is 7.89. The van der Waals surface area contributed by atoms with Crippen LogP contribution in [0.15, 0.2) is 34.2 Å². The van der Waals surface area contributed by atoms with Crippen LogP contribution < -0.4 is 4.72 Å². The van der Waals surface area contributed by atoms with Crippen LogP contribution in [0.2, 0.25) is 0 Å². The highest BCUT2D eigenvalue weighted by Gasteiger charge is 2.15. The first-order chi connectivity index (χ1) is 9.51. The summed E-state index contributed by atoms with van der Waals surface area (Å²) in [6.45, 7) is 2.42. The third-order valence-corrected chi connectivity index (χ3v) is 4.16. The van der Waals surface area contributed by atoms with Gasteiger partial charge in [-0.15, -0.1) is 0 Å². The first-order valence-electron chi connectivity index (χ1n) is 6.23. The van der Waals surface area contributed by atoms with Crippen LogP contribution in [0.3, 0.4) is 0 Å². The Labute approximate surface area is 124 Å². The van der Waals surface area contributed by atoms with Gasteiger partial charge in [0.2, 0.25) is 10.0 Å². The number of nitrogens with zero attached hydrogens (tertiary/aromatic N) is 1. The Bertz CT molecular complexity index is 620. The van der Waals surface area contributed by atoms with Crippen molar-refractivity contribution in [2.24, 2.45) is 4.99 Å². The van der Waals surface area contributed by atoms with Gasteiger partial charge in [0.15, 0.2) is 0 Å². The zero-order chi connectivity index (χ0) is 15.0. The maximum atomic E-state index is 12.0. The van der Waals surface area contributed by atoms with Crippen molar-refractivity contribution >= 4 is 33.3 Å². The van der Waals surface area contributed by atoms with E-state index in [2.05, 4.69) is 21.9 Å². The van der Waals surface area contributed by atoms with E-state index < -0.39 is 15.9 Å². The molecule has 0 aliphatic heterocycles. The number of carbonyl (C=O) groups is 1. The lowest BCUT2D eigenvalue weighted by atomic mass is 10.2. The minimum Gasteiger partial charge on any atom is -0.266 e. The summed E-state index contributed by atoms with van der Waals surface area (Å²) in [5, 5.41) is 1.97. The van der Waals surface area contributed by atoms with Gasteiger partial charge in [-0.3, -0.25) is 4.79 Å². The molecule has 0 atom stereocenters. The van der Waals surface area contributed by atoms with Gasteiger partial charge in [0.1, 0.15) is 0 Å². The molecule has 0 heterocycles. The molecule has 0 spiro atoms. The lowest BCUT2D eigenvalue weighted by molar-refractivity contribution is 0.100. The van der Waals surface area contributed by atoms with E-state index in [9.17, 15) is 13.2 Å². The van der Waals surface area contributed by atoms with Crippen LogP contribution in [0.25, 0.3) is 0 Å². The number of hydrogen-bond donors (Lipinski definition) is 1. The van der Waals surface area contributed by atoms with Crippen LogP contribution in [0.5, 0.6) is 0 Å². The number of nitrogens with one attached hydrogen (secondary N) is 1. The molecule has 7 heteroatoms. The minimum atomic E-state index is -3.60.